The first-order valence-electron chi connectivity index (χ1n) is 14.9. The summed E-state index contributed by atoms with van der Waals surface area (Å²) in [6.45, 7) is 6.91. The van der Waals surface area contributed by atoms with Crippen LogP contribution in [-0.2, 0) is 16.1 Å². The van der Waals surface area contributed by atoms with Crippen LogP contribution >= 0.6 is 0 Å². The second-order valence-corrected chi connectivity index (χ2v) is 11.5. The molecule has 2 saturated heterocycles. The quantitative estimate of drug-likeness (QED) is 0.560. The summed E-state index contributed by atoms with van der Waals surface area (Å²) in [6.07, 6.45) is 10.6. The van der Waals surface area contributed by atoms with Gasteiger partial charge in [0.15, 0.2) is 0 Å². The number of ether oxygens (including phenoxy) is 1. The highest BCUT2D eigenvalue weighted by atomic mass is 16.5. The van der Waals surface area contributed by atoms with E-state index in [-0.39, 0.29) is 17.9 Å². The van der Waals surface area contributed by atoms with Crippen molar-refractivity contribution in [3.8, 4) is 11.1 Å². The zero-order valence-electron chi connectivity index (χ0n) is 23.4. The van der Waals surface area contributed by atoms with Gasteiger partial charge in [-0.2, -0.15) is 0 Å². The van der Waals surface area contributed by atoms with Crippen LogP contribution in [-0.4, -0.2) is 66.0 Å². The van der Waals surface area contributed by atoms with Gasteiger partial charge < -0.3 is 15.4 Å². The number of nitrogens with one attached hydrogen (secondary N) is 2. The third-order valence-electron chi connectivity index (χ3n) is 8.82. The minimum Gasteiger partial charge on any atom is -0.359 e. The molecule has 0 radical (unpaired) electrons. The minimum atomic E-state index is -0.469. The number of hydrogen-bond acceptors (Lipinski definition) is 5. The van der Waals surface area contributed by atoms with E-state index in [1.165, 1.54) is 48.8 Å². The molecule has 7 nitrogen and oxygen atoms in total. The summed E-state index contributed by atoms with van der Waals surface area (Å²) in [7, 11) is 0. The maximum atomic E-state index is 13.4. The van der Waals surface area contributed by atoms with Gasteiger partial charge in [0.2, 0.25) is 0 Å². The Morgan fingerprint density at radius 1 is 1.02 bits per heavy atom. The van der Waals surface area contributed by atoms with Crippen LogP contribution < -0.4 is 10.6 Å². The number of piperazine rings is 1. The van der Waals surface area contributed by atoms with Crippen LogP contribution in [0, 0.1) is 0 Å². The number of amides is 2. The maximum absolute atomic E-state index is 13.4. The normalized spacial score (nSPS) is 24.5. The molecule has 2 heterocycles. The van der Waals surface area contributed by atoms with E-state index in [2.05, 4.69) is 56.8 Å². The molecule has 2 N–H and O–H groups in total. The Hall–Kier alpha value is -3.26. The van der Waals surface area contributed by atoms with Gasteiger partial charge in [-0.25, -0.2) is 0 Å². The van der Waals surface area contributed by atoms with Crippen LogP contribution in [0.4, 0.5) is 0 Å². The zero-order chi connectivity index (χ0) is 27.5. The Morgan fingerprint density at radius 2 is 1.80 bits per heavy atom. The lowest BCUT2D eigenvalue weighted by atomic mass is 9.93. The highest BCUT2D eigenvalue weighted by Crippen LogP contribution is 2.29. The molecule has 210 valence electrons. The van der Waals surface area contributed by atoms with Crippen molar-refractivity contribution in [3.05, 3.63) is 83.2 Å². The van der Waals surface area contributed by atoms with E-state index >= 15 is 0 Å². The van der Waals surface area contributed by atoms with Crippen molar-refractivity contribution in [1.29, 1.82) is 0 Å². The summed E-state index contributed by atoms with van der Waals surface area (Å²) in [5, 5.41) is 5.96. The molecule has 2 aliphatic heterocycles. The van der Waals surface area contributed by atoms with Crippen LogP contribution in [0.1, 0.15) is 61.4 Å². The molecular formula is C33H40N4O3. The van der Waals surface area contributed by atoms with Gasteiger partial charge in [-0.1, -0.05) is 61.7 Å². The molecule has 4 aliphatic rings. The zero-order valence-corrected chi connectivity index (χ0v) is 23.4. The number of carbonyl (C=O) groups is 2. The summed E-state index contributed by atoms with van der Waals surface area (Å²) < 4.78 is 5.78. The van der Waals surface area contributed by atoms with Gasteiger partial charge in [0.25, 0.3) is 11.8 Å². The number of rotatable bonds is 6. The average molecular weight is 541 g/mol. The molecule has 2 amide bonds. The Kier molecular flexibility index (Phi) is 8.14. The van der Waals surface area contributed by atoms with Crippen LogP contribution in [0.25, 0.3) is 11.1 Å². The Morgan fingerprint density at radius 3 is 2.58 bits per heavy atom. The molecule has 6 rings (SSSR count). The number of morpholine rings is 1. The molecule has 0 bridgehead atoms. The molecule has 2 aromatic carbocycles. The fourth-order valence-corrected chi connectivity index (χ4v) is 6.51. The van der Waals surface area contributed by atoms with Crippen LogP contribution in [0.5, 0.6) is 0 Å². The van der Waals surface area contributed by atoms with E-state index in [4.69, 9.17) is 4.74 Å². The van der Waals surface area contributed by atoms with Crippen LogP contribution in [0.2, 0.25) is 0 Å². The number of carbonyl (C=O) groups excluding carboxylic acids is 2. The number of benzene rings is 2. The fraction of sp³-hybridized carbons (Fsp3) is 0.455. The van der Waals surface area contributed by atoms with Crippen molar-refractivity contribution in [3.63, 3.8) is 0 Å². The van der Waals surface area contributed by atoms with E-state index in [1.807, 2.05) is 18.2 Å². The maximum Gasteiger partial charge on any atom is 0.255 e. The molecule has 2 aliphatic carbocycles. The summed E-state index contributed by atoms with van der Waals surface area (Å²) >= 11 is 0. The number of hydrogen-bond donors (Lipinski definition) is 2. The van der Waals surface area contributed by atoms with Crippen LogP contribution in [0.15, 0.2) is 72.1 Å². The van der Waals surface area contributed by atoms with Gasteiger partial charge in [0.1, 0.15) is 12.2 Å². The topological polar surface area (TPSA) is 73.9 Å². The van der Waals surface area contributed by atoms with E-state index in [9.17, 15) is 9.59 Å². The van der Waals surface area contributed by atoms with Gasteiger partial charge >= 0.3 is 0 Å². The monoisotopic (exact) mass is 540 g/mol. The SMILES string of the molecule is CC1OC2CC=C(NC(=O)c3ccc(-c4ccccc4)c(CN4CCN(C5CCCCC5)CC4)c3)C=C2NC1=O. The van der Waals surface area contributed by atoms with Gasteiger partial charge in [0, 0.05) is 55.7 Å². The van der Waals surface area contributed by atoms with Gasteiger partial charge in [-0.05, 0) is 61.1 Å². The minimum absolute atomic E-state index is 0.152. The average Bonchev–Trinajstić information content (AvgIpc) is 2.99. The smallest absolute Gasteiger partial charge is 0.255 e. The van der Waals surface area contributed by atoms with Crippen LogP contribution in [0.3, 0.4) is 0 Å². The molecule has 0 aromatic heterocycles. The first-order chi connectivity index (χ1) is 19.5. The first kappa shape index (κ1) is 26.9. The molecule has 3 fully saturated rings. The molecule has 7 heteroatoms. The molecule has 1 saturated carbocycles. The van der Waals surface area contributed by atoms with E-state index in [0.717, 1.165) is 38.8 Å². The van der Waals surface area contributed by atoms with Gasteiger partial charge in [-0.3, -0.25) is 19.4 Å². The molecule has 2 atom stereocenters. The van der Waals surface area contributed by atoms with Crippen molar-refractivity contribution < 1.29 is 14.3 Å². The van der Waals surface area contributed by atoms with E-state index in [0.29, 0.717) is 23.4 Å². The molecule has 40 heavy (non-hydrogen) atoms. The fourth-order valence-electron chi connectivity index (χ4n) is 6.51. The Balaban J connectivity index is 1.16. The lowest BCUT2D eigenvalue weighted by Crippen LogP contribution is -2.50. The highest BCUT2D eigenvalue weighted by Gasteiger charge is 2.31. The predicted octanol–water partition coefficient (Wildman–Crippen LogP) is 4.61. The number of allylic oxidation sites excluding steroid dienone is 1. The molecule has 2 unspecified atom stereocenters. The lowest BCUT2D eigenvalue weighted by Gasteiger charge is -2.41. The molecule has 0 spiro atoms. The third-order valence-corrected chi connectivity index (χ3v) is 8.82. The van der Waals surface area contributed by atoms with Crippen molar-refractivity contribution in [1.82, 2.24) is 20.4 Å². The predicted molar refractivity (Wildman–Crippen MR) is 156 cm³/mol. The van der Waals surface area contributed by atoms with Gasteiger partial charge in [0.05, 0.1) is 0 Å². The van der Waals surface area contributed by atoms with E-state index < -0.39 is 6.10 Å². The van der Waals surface area contributed by atoms with Gasteiger partial charge in [-0.15, -0.1) is 0 Å². The number of fused-ring (bicyclic) bond motifs is 1. The third kappa shape index (κ3) is 6.07. The second kappa shape index (κ2) is 12.1. The lowest BCUT2D eigenvalue weighted by molar-refractivity contribution is -0.138. The molecular weight excluding hydrogens is 500 g/mol. The van der Waals surface area contributed by atoms with Crippen molar-refractivity contribution in [2.75, 3.05) is 26.2 Å². The highest BCUT2D eigenvalue weighted by molar-refractivity contribution is 5.96. The second-order valence-electron chi connectivity index (χ2n) is 11.5. The number of nitrogens with zero attached hydrogens (tertiary/aromatic N) is 2. The summed E-state index contributed by atoms with van der Waals surface area (Å²) in [4.78, 5) is 30.7. The van der Waals surface area contributed by atoms with Crippen molar-refractivity contribution in [2.45, 2.75) is 70.2 Å². The Labute approximate surface area is 237 Å². The molecule has 2 aromatic rings. The summed E-state index contributed by atoms with van der Waals surface area (Å²) in [5.41, 5.74) is 5.52. The van der Waals surface area contributed by atoms with E-state index in [1.54, 1.807) is 13.0 Å². The summed E-state index contributed by atoms with van der Waals surface area (Å²) in [5.74, 6) is -0.309. The first-order valence-corrected chi connectivity index (χ1v) is 14.9. The van der Waals surface area contributed by atoms with Crippen molar-refractivity contribution >= 4 is 11.8 Å². The Bertz CT molecular complexity index is 1290. The standard InChI is InChI=1S/C33H40N4O3/c1-23-32(38)35-30-21-27(13-15-31(30)40-23)34-33(39)25-12-14-29(24-8-4-2-5-9-24)26(20-25)22-36-16-18-37(19-17-36)28-10-6-3-7-11-28/h2,4-5,8-9,12-14,20-21,23,28,31H,3,6-7,10-11,15-19,22H2,1H3,(H,34,39)(H,35,38). The largest absolute Gasteiger partial charge is 0.359 e. The van der Waals surface area contributed by atoms with Crippen molar-refractivity contribution in [2.24, 2.45) is 0 Å². The summed E-state index contributed by atoms with van der Waals surface area (Å²) in [6, 6.07) is 17.2.